The number of primary sulfonamides is 1. The van der Waals surface area contributed by atoms with E-state index in [-0.39, 0.29) is 22.9 Å². The molecule has 2 unspecified atom stereocenters. The van der Waals surface area contributed by atoms with Crippen molar-refractivity contribution >= 4 is 15.9 Å². The third kappa shape index (κ3) is 3.73. The molecule has 0 spiro atoms. The van der Waals surface area contributed by atoms with Crippen molar-refractivity contribution < 1.29 is 13.2 Å². The number of likely N-dealkylation sites (tertiary alicyclic amines) is 1. The first-order chi connectivity index (χ1) is 10.6. The minimum absolute atomic E-state index is 0.00945. The number of sulfonamides is 1. The van der Waals surface area contributed by atoms with E-state index in [1.807, 2.05) is 6.92 Å². The van der Waals surface area contributed by atoms with Crippen LogP contribution in [0.2, 0.25) is 0 Å². The maximum Gasteiger partial charge on any atom is 0.254 e. The van der Waals surface area contributed by atoms with Gasteiger partial charge in [0, 0.05) is 24.2 Å². The molecule has 1 aliphatic heterocycles. The number of carbonyl (C=O) groups excluding carboxylic acids is 1. The van der Waals surface area contributed by atoms with Gasteiger partial charge in [0.1, 0.15) is 0 Å². The molecule has 0 saturated carbocycles. The predicted molar refractivity (Wildman–Crippen MR) is 89.6 cm³/mol. The van der Waals surface area contributed by atoms with Crippen molar-refractivity contribution in [2.75, 3.05) is 6.54 Å². The molecule has 0 aliphatic carbocycles. The Morgan fingerprint density at radius 3 is 2.52 bits per heavy atom. The number of carbonyl (C=O) groups is 1. The normalized spacial score (nSPS) is 20.4. The highest BCUT2D eigenvalue weighted by Gasteiger charge is 2.30. The Bertz CT molecular complexity index is 714. The average Bonchev–Trinajstić information content (AvgIpc) is 2.47. The van der Waals surface area contributed by atoms with E-state index in [1.54, 1.807) is 24.8 Å². The van der Waals surface area contributed by atoms with Crippen LogP contribution in [0.3, 0.4) is 0 Å². The van der Waals surface area contributed by atoms with Crippen molar-refractivity contribution in [2.45, 2.75) is 57.0 Å². The molecule has 1 saturated heterocycles. The topological polar surface area (TPSA) is 106 Å². The van der Waals surface area contributed by atoms with Crippen LogP contribution in [0.15, 0.2) is 17.0 Å². The van der Waals surface area contributed by atoms with E-state index in [1.165, 1.54) is 6.07 Å². The monoisotopic (exact) mass is 339 g/mol. The molecule has 0 aromatic heterocycles. The minimum atomic E-state index is -3.87. The van der Waals surface area contributed by atoms with E-state index in [2.05, 4.69) is 0 Å². The van der Waals surface area contributed by atoms with Crippen molar-refractivity contribution in [3.8, 4) is 0 Å². The number of hydrogen-bond acceptors (Lipinski definition) is 4. The molecule has 1 aromatic rings. The maximum absolute atomic E-state index is 12.9. The van der Waals surface area contributed by atoms with Crippen LogP contribution in [0.25, 0.3) is 0 Å². The van der Waals surface area contributed by atoms with Gasteiger partial charge in [-0.15, -0.1) is 0 Å². The smallest absolute Gasteiger partial charge is 0.254 e. The lowest BCUT2D eigenvalue weighted by Gasteiger charge is -2.38. The number of amides is 1. The van der Waals surface area contributed by atoms with Gasteiger partial charge in [-0.05, 0) is 63.3 Å². The van der Waals surface area contributed by atoms with Gasteiger partial charge in [-0.25, -0.2) is 13.6 Å². The highest BCUT2D eigenvalue weighted by molar-refractivity contribution is 7.89. The first kappa shape index (κ1) is 17.9. The number of benzene rings is 1. The second kappa shape index (κ2) is 6.59. The summed E-state index contributed by atoms with van der Waals surface area (Å²) >= 11 is 0. The van der Waals surface area contributed by atoms with Crippen LogP contribution in [-0.2, 0) is 10.0 Å². The quantitative estimate of drug-likeness (QED) is 0.865. The molecule has 0 bridgehead atoms. The highest BCUT2D eigenvalue weighted by atomic mass is 32.2. The van der Waals surface area contributed by atoms with E-state index in [0.717, 1.165) is 24.8 Å². The Labute approximate surface area is 137 Å². The third-order valence-corrected chi connectivity index (χ3v) is 5.63. The van der Waals surface area contributed by atoms with Crippen LogP contribution in [0.1, 0.15) is 47.7 Å². The van der Waals surface area contributed by atoms with Crippen molar-refractivity contribution in [1.82, 2.24) is 4.90 Å². The molecule has 4 N–H and O–H groups in total. The summed E-state index contributed by atoms with van der Waals surface area (Å²) in [5, 5.41) is 5.28. The van der Waals surface area contributed by atoms with Crippen LogP contribution >= 0.6 is 0 Å². The lowest BCUT2D eigenvalue weighted by atomic mass is 9.95. The Kier molecular flexibility index (Phi) is 5.13. The number of piperidine rings is 1. The number of nitrogens with two attached hydrogens (primary N) is 2. The third-order valence-electron chi connectivity index (χ3n) is 4.59. The summed E-state index contributed by atoms with van der Waals surface area (Å²) in [7, 11) is -3.87. The van der Waals surface area contributed by atoms with Gasteiger partial charge in [0.05, 0.1) is 4.90 Å². The standard InChI is InChI=1S/C16H25N3O3S/c1-10-8-13(9-15(11(10)2)23(18,21)22)16(20)19-7-5-4-6-14(19)12(3)17/h8-9,12,14H,4-7,17H2,1-3H3,(H2,18,21,22). The number of hydrogen-bond donors (Lipinski definition) is 2. The zero-order valence-electron chi connectivity index (χ0n) is 13.9. The molecule has 2 atom stereocenters. The summed E-state index contributed by atoms with van der Waals surface area (Å²) in [5.41, 5.74) is 7.67. The summed E-state index contributed by atoms with van der Waals surface area (Å²) < 4.78 is 23.5. The van der Waals surface area contributed by atoms with Gasteiger partial charge in [-0.1, -0.05) is 0 Å². The summed E-state index contributed by atoms with van der Waals surface area (Å²) in [6.45, 7) is 6.00. The van der Waals surface area contributed by atoms with Crippen LogP contribution in [-0.4, -0.2) is 37.9 Å². The molecule has 1 aromatic carbocycles. The van der Waals surface area contributed by atoms with Crippen molar-refractivity contribution in [3.05, 3.63) is 28.8 Å². The molecule has 2 rings (SSSR count). The molecular formula is C16H25N3O3S. The molecule has 23 heavy (non-hydrogen) atoms. The van der Waals surface area contributed by atoms with Gasteiger partial charge in [0.15, 0.2) is 0 Å². The van der Waals surface area contributed by atoms with Gasteiger partial charge in [-0.3, -0.25) is 4.79 Å². The molecule has 0 radical (unpaired) electrons. The van der Waals surface area contributed by atoms with E-state index in [0.29, 0.717) is 17.7 Å². The molecule has 7 heteroatoms. The molecule has 1 aliphatic rings. The Morgan fingerprint density at radius 1 is 1.30 bits per heavy atom. The first-order valence-electron chi connectivity index (χ1n) is 7.83. The molecule has 1 fully saturated rings. The van der Waals surface area contributed by atoms with Gasteiger partial charge in [0.2, 0.25) is 10.0 Å². The largest absolute Gasteiger partial charge is 0.334 e. The predicted octanol–water partition coefficient (Wildman–Crippen LogP) is 1.29. The van der Waals surface area contributed by atoms with Crippen LogP contribution in [0, 0.1) is 13.8 Å². The van der Waals surface area contributed by atoms with Crippen LogP contribution in [0.5, 0.6) is 0 Å². The fraction of sp³-hybridized carbons (Fsp3) is 0.562. The highest BCUT2D eigenvalue weighted by Crippen LogP contribution is 2.25. The maximum atomic E-state index is 12.9. The van der Waals surface area contributed by atoms with Crippen LogP contribution < -0.4 is 10.9 Å². The van der Waals surface area contributed by atoms with Gasteiger partial charge in [-0.2, -0.15) is 0 Å². The van der Waals surface area contributed by atoms with Gasteiger partial charge in [0.25, 0.3) is 5.91 Å². The zero-order chi connectivity index (χ0) is 17.4. The fourth-order valence-electron chi connectivity index (χ4n) is 3.17. The van der Waals surface area contributed by atoms with Crippen LogP contribution in [0.4, 0.5) is 0 Å². The minimum Gasteiger partial charge on any atom is -0.334 e. The van der Waals surface area contributed by atoms with E-state index in [9.17, 15) is 13.2 Å². The Morgan fingerprint density at radius 2 is 1.96 bits per heavy atom. The number of nitrogens with zero attached hydrogens (tertiary/aromatic N) is 1. The summed E-state index contributed by atoms with van der Waals surface area (Å²) in [6, 6.07) is 2.96. The molecule has 128 valence electrons. The molecule has 6 nitrogen and oxygen atoms in total. The van der Waals surface area contributed by atoms with E-state index in [4.69, 9.17) is 10.9 Å². The van der Waals surface area contributed by atoms with Gasteiger partial charge < -0.3 is 10.6 Å². The van der Waals surface area contributed by atoms with E-state index < -0.39 is 10.0 Å². The lowest BCUT2D eigenvalue weighted by molar-refractivity contribution is 0.0583. The average molecular weight is 339 g/mol. The summed E-state index contributed by atoms with van der Waals surface area (Å²) in [5.74, 6) is -0.181. The fourth-order valence-corrected chi connectivity index (χ4v) is 4.05. The Hall–Kier alpha value is -1.44. The van der Waals surface area contributed by atoms with Crippen molar-refractivity contribution in [2.24, 2.45) is 10.9 Å². The zero-order valence-corrected chi connectivity index (χ0v) is 14.7. The Balaban J connectivity index is 2.45. The van der Waals surface area contributed by atoms with E-state index >= 15 is 0 Å². The number of aryl methyl sites for hydroxylation is 1. The van der Waals surface area contributed by atoms with Crippen molar-refractivity contribution in [1.29, 1.82) is 0 Å². The second-order valence-corrected chi connectivity index (χ2v) is 7.91. The van der Waals surface area contributed by atoms with Gasteiger partial charge >= 0.3 is 0 Å². The first-order valence-corrected chi connectivity index (χ1v) is 9.38. The second-order valence-electron chi connectivity index (χ2n) is 6.38. The SMILES string of the molecule is Cc1cc(C(=O)N2CCCCC2C(C)N)cc(S(N)(=O)=O)c1C. The van der Waals surface area contributed by atoms with Crippen molar-refractivity contribution in [3.63, 3.8) is 0 Å². The number of rotatable bonds is 3. The summed E-state index contributed by atoms with van der Waals surface area (Å²) in [6.07, 6.45) is 2.85. The lowest BCUT2D eigenvalue weighted by Crippen LogP contribution is -2.51. The molecule has 1 heterocycles. The summed E-state index contributed by atoms with van der Waals surface area (Å²) in [4.78, 5) is 14.7. The molecule has 1 amide bonds. The molecular weight excluding hydrogens is 314 g/mol.